The summed E-state index contributed by atoms with van der Waals surface area (Å²) in [5.41, 5.74) is 0.00107. The molecule has 5 atom stereocenters. The quantitative estimate of drug-likeness (QED) is 0.512. The summed E-state index contributed by atoms with van der Waals surface area (Å²) in [6.07, 6.45) is -8.79. The molecule has 1 saturated heterocycles. The van der Waals surface area contributed by atoms with Gasteiger partial charge in [-0.15, -0.1) is 0 Å². The van der Waals surface area contributed by atoms with Gasteiger partial charge >= 0.3 is 0 Å². The molecular formula is C22H27ClO7. The van der Waals surface area contributed by atoms with Gasteiger partial charge in [-0.05, 0) is 48.6 Å². The summed E-state index contributed by atoms with van der Waals surface area (Å²) < 4.78 is 70.3. The van der Waals surface area contributed by atoms with Gasteiger partial charge in [0.2, 0.25) is 5.79 Å². The van der Waals surface area contributed by atoms with Crippen molar-refractivity contribution in [2.75, 3.05) is 20.3 Å². The van der Waals surface area contributed by atoms with Crippen LogP contribution in [0, 0.1) is 0 Å². The van der Waals surface area contributed by atoms with Crippen molar-refractivity contribution >= 4 is 11.6 Å². The highest BCUT2D eigenvalue weighted by Gasteiger charge is 2.55. The van der Waals surface area contributed by atoms with E-state index >= 15 is 0 Å². The Bertz CT molecular complexity index is 1100. The second-order valence-corrected chi connectivity index (χ2v) is 7.09. The molecule has 0 bridgehead atoms. The van der Waals surface area contributed by atoms with Crippen LogP contribution in [-0.4, -0.2) is 65.1 Å². The molecule has 8 heteroatoms. The second kappa shape index (κ2) is 9.62. The maximum absolute atomic E-state index is 10.7. The summed E-state index contributed by atoms with van der Waals surface area (Å²) in [6, 6.07) is 8.93. The normalized spacial score (nSPS) is 33.9. The van der Waals surface area contributed by atoms with Crippen molar-refractivity contribution in [1.82, 2.24) is 0 Å². The molecule has 2 aromatic carbocycles. The van der Waals surface area contributed by atoms with Gasteiger partial charge in [0.1, 0.15) is 30.2 Å². The summed E-state index contributed by atoms with van der Waals surface area (Å²) in [4.78, 5) is 0. The van der Waals surface area contributed by atoms with Gasteiger partial charge in [-0.3, -0.25) is 0 Å². The van der Waals surface area contributed by atoms with Crippen molar-refractivity contribution in [3.8, 4) is 5.75 Å². The molecule has 0 aliphatic carbocycles. The number of hydrogen-bond acceptors (Lipinski definition) is 7. The summed E-state index contributed by atoms with van der Waals surface area (Å²) in [5, 5.41) is 40.7. The fourth-order valence-electron chi connectivity index (χ4n) is 3.33. The van der Waals surface area contributed by atoms with Crippen LogP contribution in [0.25, 0.3) is 0 Å². The zero-order valence-electron chi connectivity index (χ0n) is 22.9. The maximum atomic E-state index is 10.7. The first kappa shape index (κ1) is 15.2. The molecule has 1 fully saturated rings. The van der Waals surface area contributed by atoms with Crippen molar-refractivity contribution in [3.63, 3.8) is 0 Å². The topological polar surface area (TPSA) is 109 Å². The highest BCUT2D eigenvalue weighted by Crippen LogP contribution is 2.40. The van der Waals surface area contributed by atoms with E-state index in [1.165, 1.54) is 49.6 Å². The largest absolute Gasteiger partial charge is 0.494 e. The molecule has 7 nitrogen and oxygen atoms in total. The average molecular weight is 446 g/mol. The number of rotatable bonds is 7. The van der Waals surface area contributed by atoms with Crippen LogP contribution in [0.5, 0.6) is 5.75 Å². The lowest BCUT2D eigenvalue weighted by molar-refractivity contribution is -0.366. The van der Waals surface area contributed by atoms with E-state index in [9.17, 15) is 20.4 Å². The Morgan fingerprint density at radius 1 is 1.17 bits per heavy atom. The zero-order chi connectivity index (χ0) is 28.0. The van der Waals surface area contributed by atoms with Crippen LogP contribution in [-0.2, 0) is 21.6 Å². The van der Waals surface area contributed by atoms with E-state index in [-0.39, 0.29) is 27.5 Å². The third-order valence-electron chi connectivity index (χ3n) is 4.92. The molecule has 1 aliphatic heterocycles. The van der Waals surface area contributed by atoms with E-state index < -0.39 is 56.6 Å². The number of aliphatic hydroxyl groups excluding tert-OH is 4. The molecule has 0 aromatic heterocycles. The van der Waals surface area contributed by atoms with Gasteiger partial charge in [-0.25, -0.2) is 0 Å². The first-order valence-corrected chi connectivity index (χ1v) is 9.37. The third-order valence-corrected chi connectivity index (χ3v) is 5.25. The molecule has 3 rings (SSSR count). The Morgan fingerprint density at radius 2 is 1.90 bits per heavy atom. The minimum Gasteiger partial charge on any atom is -0.494 e. The third kappa shape index (κ3) is 4.33. The molecule has 0 saturated carbocycles. The van der Waals surface area contributed by atoms with E-state index in [1.807, 2.05) is 0 Å². The van der Waals surface area contributed by atoms with E-state index in [1.54, 1.807) is 0 Å². The average Bonchev–Trinajstić information content (AvgIpc) is 2.83. The predicted molar refractivity (Wildman–Crippen MR) is 111 cm³/mol. The van der Waals surface area contributed by atoms with Crippen molar-refractivity contribution in [2.24, 2.45) is 0 Å². The molecule has 1 heterocycles. The van der Waals surface area contributed by atoms with Gasteiger partial charge in [-0.2, -0.15) is 0 Å². The van der Waals surface area contributed by atoms with Crippen molar-refractivity contribution in [2.45, 2.75) is 43.4 Å². The summed E-state index contributed by atoms with van der Waals surface area (Å²) >= 11 is 6.32. The van der Waals surface area contributed by atoms with Crippen LogP contribution in [0.2, 0.25) is 5.02 Å². The summed E-state index contributed by atoms with van der Waals surface area (Å²) in [6.45, 7) is -6.72. The molecule has 2 aromatic rings. The minimum absolute atomic E-state index is 0.0105. The monoisotopic (exact) mass is 445 g/mol. The molecule has 164 valence electrons. The van der Waals surface area contributed by atoms with Gasteiger partial charge in [0.25, 0.3) is 0 Å². The Hall–Kier alpha value is -1.71. The van der Waals surface area contributed by atoms with Crippen LogP contribution in [0.4, 0.5) is 0 Å². The SMILES string of the molecule is [2H]C([2H])(c1ccc(OC([2H])([2H])C([2H])([2H])[2H])cc1)c1cc(C2(OC)OC(CO)C(O)C(O)C2O)ccc1Cl. The molecule has 1 aliphatic rings. The van der Waals surface area contributed by atoms with E-state index in [0.29, 0.717) is 0 Å². The van der Waals surface area contributed by atoms with Crippen molar-refractivity contribution < 1.29 is 44.2 Å². The lowest BCUT2D eigenvalue weighted by atomic mass is 9.87. The predicted octanol–water partition coefficient (Wildman–Crippen LogP) is 1.60. The van der Waals surface area contributed by atoms with Crippen LogP contribution < -0.4 is 4.74 Å². The van der Waals surface area contributed by atoms with E-state index in [2.05, 4.69) is 0 Å². The molecule has 5 unspecified atom stereocenters. The van der Waals surface area contributed by atoms with Gasteiger partial charge in [0.05, 0.1) is 15.9 Å². The van der Waals surface area contributed by atoms with Crippen LogP contribution in [0.1, 0.15) is 33.1 Å². The fraction of sp³-hybridized carbons (Fsp3) is 0.455. The number of benzene rings is 2. The Labute approximate surface area is 190 Å². The zero-order valence-corrected chi connectivity index (χ0v) is 16.7. The smallest absolute Gasteiger partial charge is 0.224 e. The number of hydrogen-bond donors (Lipinski definition) is 4. The first-order chi connectivity index (χ1) is 17.0. The van der Waals surface area contributed by atoms with Gasteiger partial charge in [0.15, 0.2) is 0 Å². The van der Waals surface area contributed by atoms with Crippen LogP contribution in [0.3, 0.4) is 0 Å². The van der Waals surface area contributed by atoms with Crippen LogP contribution >= 0.6 is 11.6 Å². The Morgan fingerprint density at radius 3 is 2.53 bits per heavy atom. The molecule has 30 heavy (non-hydrogen) atoms. The molecule has 4 N–H and O–H groups in total. The van der Waals surface area contributed by atoms with Crippen molar-refractivity contribution in [1.29, 1.82) is 0 Å². The minimum atomic E-state index is -3.05. The standard InChI is InChI=1S/C22H27ClO7/c1-3-29-16-7-4-13(5-8-16)10-14-11-15(6-9-17(14)23)22(28-2)21(27)20(26)19(25)18(12-24)30-22/h4-9,11,18-21,24-27H,3,10,12H2,1-2H3/i1D3,3D2,10D2. The number of halogens is 1. The van der Waals surface area contributed by atoms with Crippen LogP contribution in [0.15, 0.2) is 42.5 Å². The van der Waals surface area contributed by atoms with Gasteiger partial charge in [0, 0.05) is 24.5 Å². The first-order valence-electron chi connectivity index (χ1n) is 12.5. The number of aliphatic hydroxyl groups is 4. The number of methoxy groups -OCH3 is 1. The lowest BCUT2D eigenvalue weighted by Gasteiger charge is -2.47. The van der Waals surface area contributed by atoms with Gasteiger partial charge in [-0.1, -0.05) is 29.8 Å². The summed E-state index contributed by atoms with van der Waals surface area (Å²) in [7, 11) is 1.17. The maximum Gasteiger partial charge on any atom is 0.224 e. The fourth-order valence-corrected chi connectivity index (χ4v) is 3.49. The van der Waals surface area contributed by atoms with Gasteiger partial charge < -0.3 is 34.6 Å². The summed E-state index contributed by atoms with van der Waals surface area (Å²) in [5.74, 6) is -2.22. The highest BCUT2D eigenvalue weighted by molar-refractivity contribution is 6.31. The molecular weight excluding hydrogens is 412 g/mol. The number of ether oxygens (including phenoxy) is 3. The lowest BCUT2D eigenvalue weighted by Crippen LogP contribution is -2.64. The molecule has 0 spiro atoms. The second-order valence-electron chi connectivity index (χ2n) is 6.68. The van der Waals surface area contributed by atoms with E-state index in [4.69, 9.17) is 35.4 Å². The highest BCUT2D eigenvalue weighted by atomic mass is 35.5. The Balaban J connectivity index is 2.00. The van der Waals surface area contributed by atoms with Crippen molar-refractivity contribution in [3.05, 3.63) is 64.2 Å². The van der Waals surface area contributed by atoms with E-state index in [0.717, 1.165) is 0 Å². The molecule has 0 radical (unpaired) electrons. The molecule has 0 amide bonds. The Kier molecular flexibility index (Phi) is 4.86.